The fourth-order valence-corrected chi connectivity index (χ4v) is 1.10. The van der Waals surface area contributed by atoms with Gasteiger partial charge in [-0.25, -0.2) is 4.98 Å². The van der Waals surface area contributed by atoms with Crippen molar-refractivity contribution in [2.45, 2.75) is 19.5 Å². The molecule has 1 atom stereocenters. The summed E-state index contributed by atoms with van der Waals surface area (Å²) < 4.78 is 4.95. The normalized spacial score (nSPS) is 13.5. The zero-order valence-electron chi connectivity index (χ0n) is 9.34. The van der Waals surface area contributed by atoms with Gasteiger partial charge >= 0.3 is 0 Å². The molecule has 0 aliphatic heterocycles. The average molecular weight is 224 g/mol. The Bertz CT molecular complexity index is 350. The number of aromatic nitrogens is 1. The number of hydrogen-bond acceptors (Lipinski definition) is 5. The molecule has 1 rings (SSSR count). The molecular formula is C10H16N4O2. The van der Waals surface area contributed by atoms with E-state index in [0.29, 0.717) is 12.4 Å². The fourth-order valence-electron chi connectivity index (χ4n) is 1.10. The lowest BCUT2D eigenvalue weighted by Gasteiger charge is -2.11. The maximum atomic E-state index is 8.46. The van der Waals surface area contributed by atoms with E-state index in [4.69, 9.17) is 15.7 Å². The minimum absolute atomic E-state index is 0.154. The Hall–Kier alpha value is -1.82. The van der Waals surface area contributed by atoms with E-state index in [1.54, 1.807) is 19.4 Å². The summed E-state index contributed by atoms with van der Waals surface area (Å²) >= 11 is 0. The number of nitrogens with one attached hydrogen (secondary N) is 1. The van der Waals surface area contributed by atoms with Crippen molar-refractivity contribution in [3.05, 3.63) is 23.9 Å². The number of methoxy groups -OCH3 is 1. The predicted molar refractivity (Wildman–Crippen MR) is 60.5 cm³/mol. The van der Waals surface area contributed by atoms with Crippen molar-refractivity contribution in [1.29, 1.82) is 0 Å². The Morgan fingerprint density at radius 3 is 2.94 bits per heavy atom. The summed E-state index contributed by atoms with van der Waals surface area (Å²) in [5.41, 5.74) is 6.43. The van der Waals surface area contributed by atoms with E-state index >= 15 is 0 Å². The van der Waals surface area contributed by atoms with Gasteiger partial charge in [-0.05, 0) is 12.5 Å². The quantitative estimate of drug-likeness (QED) is 0.290. The zero-order chi connectivity index (χ0) is 12.0. The number of nitrogens with two attached hydrogens (primary N) is 1. The lowest BCUT2D eigenvalue weighted by Crippen LogP contribution is -2.38. The average Bonchev–Trinajstić information content (AvgIpc) is 2.35. The van der Waals surface area contributed by atoms with E-state index in [2.05, 4.69) is 15.5 Å². The number of ether oxygens (including phenoxy) is 1. The van der Waals surface area contributed by atoms with Gasteiger partial charge in [0.05, 0.1) is 13.2 Å². The van der Waals surface area contributed by atoms with E-state index in [-0.39, 0.29) is 11.9 Å². The van der Waals surface area contributed by atoms with Gasteiger partial charge in [0.2, 0.25) is 5.88 Å². The molecule has 1 unspecified atom stereocenters. The van der Waals surface area contributed by atoms with Crippen LogP contribution in [0.25, 0.3) is 0 Å². The lowest BCUT2D eigenvalue weighted by molar-refractivity contribution is 0.315. The van der Waals surface area contributed by atoms with E-state index in [1.807, 2.05) is 13.0 Å². The highest BCUT2D eigenvalue weighted by Crippen LogP contribution is 2.06. The summed E-state index contributed by atoms with van der Waals surface area (Å²) in [7, 11) is 1.57. The van der Waals surface area contributed by atoms with Crippen LogP contribution < -0.4 is 15.8 Å². The molecule has 0 aliphatic rings. The molecule has 1 aromatic rings. The van der Waals surface area contributed by atoms with Crippen molar-refractivity contribution in [2.24, 2.45) is 10.9 Å². The predicted octanol–water partition coefficient (Wildman–Crippen LogP) is 0.315. The molecule has 0 aliphatic carbocycles. The first-order valence-corrected chi connectivity index (χ1v) is 4.87. The van der Waals surface area contributed by atoms with Gasteiger partial charge in [0.1, 0.15) is 0 Å². The molecule has 88 valence electrons. The van der Waals surface area contributed by atoms with E-state index in [0.717, 1.165) is 5.56 Å². The van der Waals surface area contributed by atoms with Gasteiger partial charge in [0.15, 0.2) is 5.84 Å². The monoisotopic (exact) mass is 224 g/mol. The Morgan fingerprint density at radius 1 is 1.69 bits per heavy atom. The van der Waals surface area contributed by atoms with Gasteiger partial charge in [0.25, 0.3) is 0 Å². The number of pyridine rings is 1. The van der Waals surface area contributed by atoms with Crippen LogP contribution in [0.1, 0.15) is 12.5 Å². The second kappa shape index (κ2) is 5.92. The van der Waals surface area contributed by atoms with Crippen LogP contribution in [0.5, 0.6) is 5.88 Å². The van der Waals surface area contributed by atoms with Crippen molar-refractivity contribution >= 4 is 5.84 Å². The van der Waals surface area contributed by atoms with Crippen LogP contribution in [0.2, 0.25) is 0 Å². The molecule has 1 aromatic heterocycles. The molecule has 0 saturated heterocycles. The maximum Gasteiger partial charge on any atom is 0.212 e. The molecule has 0 saturated carbocycles. The Balaban J connectivity index is 2.48. The molecular weight excluding hydrogens is 208 g/mol. The standard InChI is InChI=1S/C10H16N4O2/c1-7(10(11)14-15)12-5-8-3-4-9(16-2)13-6-8/h3-4,6-7,12,15H,5H2,1-2H3,(H2,11,14). The third kappa shape index (κ3) is 3.39. The molecule has 0 aromatic carbocycles. The Labute approximate surface area is 94.1 Å². The maximum absolute atomic E-state index is 8.46. The highest BCUT2D eigenvalue weighted by molar-refractivity contribution is 5.84. The zero-order valence-corrected chi connectivity index (χ0v) is 9.34. The van der Waals surface area contributed by atoms with Crippen LogP contribution in [-0.4, -0.2) is 29.2 Å². The minimum atomic E-state index is -0.188. The van der Waals surface area contributed by atoms with Crippen molar-refractivity contribution < 1.29 is 9.94 Å². The first-order valence-electron chi connectivity index (χ1n) is 4.87. The highest BCUT2D eigenvalue weighted by atomic mass is 16.5. The molecule has 0 bridgehead atoms. The second-order valence-corrected chi connectivity index (χ2v) is 3.34. The smallest absolute Gasteiger partial charge is 0.212 e. The second-order valence-electron chi connectivity index (χ2n) is 3.34. The van der Waals surface area contributed by atoms with Crippen LogP contribution >= 0.6 is 0 Å². The minimum Gasteiger partial charge on any atom is -0.481 e. The molecule has 6 heteroatoms. The largest absolute Gasteiger partial charge is 0.481 e. The number of hydrogen-bond donors (Lipinski definition) is 3. The lowest BCUT2D eigenvalue weighted by atomic mass is 10.2. The van der Waals surface area contributed by atoms with E-state index < -0.39 is 0 Å². The fraction of sp³-hybridized carbons (Fsp3) is 0.400. The molecule has 0 amide bonds. The van der Waals surface area contributed by atoms with Crippen molar-refractivity contribution in [2.75, 3.05) is 7.11 Å². The third-order valence-electron chi connectivity index (χ3n) is 2.18. The third-order valence-corrected chi connectivity index (χ3v) is 2.18. The topological polar surface area (TPSA) is 92.8 Å². The molecule has 0 radical (unpaired) electrons. The van der Waals surface area contributed by atoms with Crippen LogP contribution in [0.15, 0.2) is 23.5 Å². The summed E-state index contributed by atoms with van der Waals surface area (Å²) in [6.07, 6.45) is 1.71. The number of rotatable bonds is 5. The van der Waals surface area contributed by atoms with E-state index in [1.165, 1.54) is 0 Å². The first-order chi connectivity index (χ1) is 7.67. The summed E-state index contributed by atoms with van der Waals surface area (Å²) in [5.74, 6) is 0.731. The molecule has 16 heavy (non-hydrogen) atoms. The number of oxime groups is 1. The van der Waals surface area contributed by atoms with Crippen molar-refractivity contribution in [1.82, 2.24) is 10.3 Å². The van der Waals surface area contributed by atoms with Gasteiger partial charge in [-0.15, -0.1) is 0 Å². The summed E-state index contributed by atoms with van der Waals surface area (Å²) in [6.45, 7) is 2.40. The van der Waals surface area contributed by atoms with Crippen LogP contribution in [0.3, 0.4) is 0 Å². The van der Waals surface area contributed by atoms with Gasteiger partial charge in [-0.2, -0.15) is 0 Å². The summed E-state index contributed by atoms with van der Waals surface area (Å²) in [5, 5.41) is 14.5. The highest BCUT2D eigenvalue weighted by Gasteiger charge is 2.06. The van der Waals surface area contributed by atoms with Crippen LogP contribution in [-0.2, 0) is 6.54 Å². The summed E-state index contributed by atoms with van der Waals surface area (Å²) in [4.78, 5) is 4.07. The van der Waals surface area contributed by atoms with Gasteiger partial charge in [0, 0.05) is 18.8 Å². The summed E-state index contributed by atoms with van der Waals surface area (Å²) in [6, 6.07) is 3.50. The molecule has 1 heterocycles. The molecule has 0 spiro atoms. The molecule has 4 N–H and O–H groups in total. The Kier molecular flexibility index (Phi) is 4.53. The van der Waals surface area contributed by atoms with Gasteiger partial charge in [-0.3, -0.25) is 0 Å². The number of amidine groups is 1. The molecule has 6 nitrogen and oxygen atoms in total. The SMILES string of the molecule is COc1ccc(CNC(C)C(N)=NO)cn1. The van der Waals surface area contributed by atoms with Gasteiger partial charge in [-0.1, -0.05) is 11.2 Å². The Morgan fingerprint density at radius 2 is 2.44 bits per heavy atom. The van der Waals surface area contributed by atoms with Crippen molar-refractivity contribution in [3.63, 3.8) is 0 Å². The van der Waals surface area contributed by atoms with Crippen molar-refractivity contribution in [3.8, 4) is 5.88 Å². The van der Waals surface area contributed by atoms with E-state index in [9.17, 15) is 0 Å². The number of nitrogens with zero attached hydrogens (tertiary/aromatic N) is 2. The van der Waals surface area contributed by atoms with Gasteiger partial charge < -0.3 is 21.0 Å². The van der Waals surface area contributed by atoms with Crippen LogP contribution in [0.4, 0.5) is 0 Å². The molecule has 0 fully saturated rings. The first kappa shape index (κ1) is 12.3. The van der Waals surface area contributed by atoms with Crippen LogP contribution in [0, 0.1) is 0 Å².